The Bertz CT molecular complexity index is 1370. The van der Waals surface area contributed by atoms with E-state index in [-0.39, 0.29) is 28.7 Å². The number of aromatic nitrogens is 4. The number of esters is 1. The first-order valence-corrected chi connectivity index (χ1v) is 11.1. The molecule has 0 spiro atoms. The quantitative estimate of drug-likeness (QED) is 0.218. The van der Waals surface area contributed by atoms with Crippen molar-refractivity contribution in [2.75, 3.05) is 17.2 Å². The van der Waals surface area contributed by atoms with Crippen molar-refractivity contribution in [2.45, 2.75) is 13.8 Å². The molecule has 1 aromatic carbocycles. The van der Waals surface area contributed by atoms with Crippen LogP contribution in [-0.2, 0) is 4.74 Å². The highest BCUT2D eigenvalue weighted by atomic mass is 32.1. The summed E-state index contributed by atoms with van der Waals surface area (Å²) in [6, 6.07) is 8.62. The van der Waals surface area contributed by atoms with E-state index in [1.165, 1.54) is 35.5 Å². The number of thiophene rings is 1. The molecule has 0 saturated carbocycles. The van der Waals surface area contributed by atoms with Crippen molar-refractivity contribution in [1.29, 1.82) is 0 Å². The number of hydrogen-bond donors (Lipinski definition) is 2. The number of amides is 2. The van der Waals surface area contributed by atoms with Gasteiger partial charge in [0.05, 0.1) is 35.7 Å². The number of hydrogen-bond acceptors (Lipinski definition) is 9. The number of nitro groups is 1. The van der Waals surface area contributed by atoms with Crippen LogP contribution in [0.25, 0.3) is 16.1 Å². The van der Waals surface area contributed by atoms with E-state index in [1.54, 1.807) is 38.1 Å². The minimum atomic E-state index is -0.607. The number of carbonyl (C=O) groups is 2. The minimum Gasteiger partial charge on any atom is -0.462 e. The van der Waals surface area contributed by atoms with Crippen LogP contribution in [0, 0.1) is 17.0 Å². The Morgan fingerprint density at radius 2 is 1.83 bits per heavy atom. The Morgan fingerprint density at radius 3 is 2.43 bits per heavy atom. The molecular weight excluding hydrogens is 474 g/mol. The number of nitro benzene ring substituents is 1. The lowest BCUT2D eigenvalue weighted by molar-refractivity contribution is -0.384. The van der Waals surface area contributed by atoms with E-state index in [2.05, 4.69) is 25.8 Å². The molecular formula is C22H19N7O5S. The smallest absolute Gasteiger partial charge is 0.341 e. The van der Waals surface area contributed by atoms with Crippen LogP contribution in [-0.4, -0.2) is 43.5 Å². The van der Waals surface area contributed by atoms with Crippen LogP contribution in [0.5, 0.6) is 0 Å². The standard InChI is InChI=1S/C22H19N7O5S/c1-3-34-21(30)18-13(2)19(14-4-6-15(7-5-14)29(32)33)35-20(18)27-22(31)26-17-9-8-16(12-23-17)28-24-10-11-25-28/h4-12H,3H2,1-2H3,(H2,23,26,27,31). The summed E-state index contributed by atoms with van der Waals surface area (Å²) in [7, 11) is 0. The number of rotatable bonds is 7. The van der Waals surface area contributed by atoms with E-state index in [9.17, 15) is 19.7 Å². The van der Waals surface area contributed by atoms with Gasteiger partial charge in [-0.2, -0.15) is 15.0 Å². The molecule has 0 aliphatic rings. The lowest BCUT2D eigenvalue weighted by Crippen LogP contribution is -2.21. The fourth-order valence-electron chi connectivity index (χ4n) is 3.24. The van der Waals surface area contributed by atoms with E-state index < -0.39 is 16.9 Å². The van der Waals surface area contributed by atoms with Gasteiger partial charge in [0, 0.05) is 17.0 Å². The average molecular weight is 494 g/mol. The molecule has 0 fully saturated rings. The van der Waals surface area contributed by atoms with Gasteiger partial charge in [-0.1, -0.05) is 0 Å². The van der Waals surface area contributed by atoms with E-state index in [4.69, 9.17) is 4.74 Å². The maximum Gasteiger partial charge on any atom is 0.341 e. The molecule has 3 aromatic heterocycles. The van der Waals surface area contributed by atoms with Gasteiger partial charge in [-0.15, -0.1) is 11.3 Å². The fourth-order valence-corrected chi connectivity index (χ4v) is 4.43. The lowest BCUT2D eigenvalue weighted by atomic mass is 10.1. The van der Waals surface area contributed by atoms with Crippen LogP contribution in [0.3, 0.4) is 0 Å². The summed E-state index contributed by atoms with van der Waals surface area (Å²) in [6.07, 6.45) is 4.57. The molecule has 12 nitrogen and oxygen atoms in total. The van der Waals surface area contributed by atoms with Crippen LogP contribution >= 0.6 is 11.3 Å². The molecule has 2 N–H and O–H groups in total. The van der Waals surface area contributed by atoms with Crippen molar-refractivity contribution in [2.24, 2.45) is 0 Å². The zero-order valence-corrected chi connectivity index (χ0v) is 19.4. The highest BCUT2D eigenvalue weighted by Gasteiger charge is 2.24. The first-order chi connectivity index (χ1) is 16.9. The largest absolute Gasteiger partial charge is 0.462 e. The first kappa shape index (κ1) is 23.5. The Hall–Kier alpha value is -4.65. The molecule has 0 aliphatic heterocycles. The summed E-state index contributed by atoms with van der Waals surface area (Å²) < 4.78 is 5.18. The third-order valence-electron chi connectivity index (χ3n) is 4.83. The molecule has 0 radical (unpaired) electrons. The van der Waals surface area contributed by atoms with Crippen molar-refractivity contribution < 1.29 is 19.2 Å². The fraction of sp³-hybridized carbons (Fsp3) is 0.136. The molecule has 2 amide bonds. The van der Waals surface area contributed by atoms with Gasteiger partial charge in [0.1, 0.15) is 16.5 Å². The molecule has 4 rings (SSSR count). The summed E-state index contributed by atoms with van der Waals surface area (Å²) in [4.78, 5) is 42.1. The molecule has 178 valence electrons. The number of benzene rings is 1. The van der Waals surface area contributed by atoms with Crippen molar-refractivity contribution in [3.8, 4) is 16.1 Å². The number of pyridine rings is 1. The molecule has 0 unspecified atom stereocenters. The predicted molar refractivity (Wildman–Crippen MR) is 129 cm³/mol. The second-order valence-corrected chi connectivity index (χ2v) is 8.10. The van der Waals surface area contributed by atoms with Gasteiger partial charge in [-0.3, -0.25) is 20.7 Å². The number of nitrogens with one attached hydrogen (secondary N) is 2. The van der Waals surface area contributed by atoms with Crippen molar-refractivity contribution >= 4 is 39.8 Å². The minimum absolute atomic E-state index is 0.0480. The predicted octanol–water partition coefficient (Wildman–Crippen LogP) is 4.43. The van der Waals surface area contributed by atoms with Crippen molar-refractivity contribution in [1.82, 2.24) is 20.0 Å². The number of nitrogens with zero attached hydrogens (tertiary/aromatic N) is 5. The number of anilines is 2. The molecule has 4 aromatic rings. The summed E-state index contributed by atoms with van der Waals surface area (Å²) >= 11 is 1.16. The van der Waals surface area contributed by atoms with Crippen molar-refractivity contribution in [3.05, 3.63) is 76.2 Å². The average Bonchev–Trinajstić information content (AvgIpc) is 3.48. The van der Waals surface area contributed by atoms with E-state index in [0.29, 0.717) is 21.7 Å². The summed E-state index contributed by atoms with van der Waals surface area (Å²) in [5, 5.41) is 24.6. The lowest BCUT2D eigenvalue weighted by Gasteiger charge is -2.08. The van der Waals surface area contributed by atoms with Crippen molar-refractivity contribution in [3.63, 3.8) is 0 Å². The van der Waals surface area contributed by atoms with Gasteiger partial charge >= 0.3 is 12.0 Å². The normalized spacial score (nSPS) is 10.6. The van der Waals surface area contributed by atoms with E-state index in [1.807, 2.05) is 0 Å². The molecule has 3 heterocycles. The van der Waals surface area contributed by atoms with Gasteiger partial charge in [0.15, 0.2) is 0 Å². The van der Waals surface area contributed by atoms with Gasteiger partial charge in [-0.05, 0) is 49.2 Å². The molecule has 35 heavy (non-hydrogen) atoms. The maximum atomic E-state index is 12.7. The SMILES string of the molecule is CCOC(=O)c1c(NC(=O)Nc2ccc(-n3nccn3)cn2)sc(-c2ccc([N+](=O)[O-])cc2)c1C. The molecule has 0 aliphatic carbocycles. The summed E-state index contributed by atoms with van der Waals surface area (Å²) in [5.74, 6) is -0.307. The zero-order chi connectivity index (χ0) is 24.9. The molecule has 0 atom stereocenters. The zero-order valence-electron chi connectivity index (χ0n) is 18.6. The van der Waals surface area contributed by atoms with Crippen LogP contribution in [0.2, 0.25) is 0 Å². The topological polar surface area (TPSA) is 154 Å². The highest BCUT2D eigenvalue weighted by molar-refractivity contribution is 7.20. The number of carbonyl (C=O) groups excluding carboxylic acids is 2. The Labute approximate surface area is 202 Å². The second-order valence-electron chi connectivity index (χ2n) is 7.08. The highest BCUT2D eigenvalue weighted by Crippen LogP contribution is 2.40. The maximum absolute atomic E-state index is 12.7. The van der Waals surface area contributed by atoms with Crippen LogP contribution < -0.4 is 10.6 Å². The third-order valence-corrected chi connectivity index (χ3v) is 6.09. The van der Waals surface area contributed by atoms with Gasteiger partial charge < -0.3 is 4.74 Å². The van der Waals surface area contributed by atoms with Crippen LogP contribution in [0.15, 0.2) is 55.0 Å². The Balaban J connectivity index is 1.57. The molecule has 0 saturated heterocycles. The summed E-state index contributed by atoms with van der Waals surface area (Å²) in [5.41, 5.74) is 2.04. The number of non-ortho nitro benzene ring substituents is 1. The van der Waals surface area contributed by atoms with E-state index >= 15 is 0 Å². The van der Waals surface area contributed by atoms with E-state index in [0.717, 1.165) is 11.3 Å². The number of ether oxygens (including phenoxy) is 1. The Kier molecular flexibility index (Phi) is 6.78. The second kappa shape index (κ2) is 10.1. The number of urea groups is 1. The van der Waals surface area contributed by atoms with Crippen LogP contribution in [0.1, 0.15) is 22.8 Å². The van der Waals surface area contributed by atoms with Gasteiger partial charge in [0.25, 0.3) is 5.69 Å². The van der Waals surface area contributed by atoms with Gasteiger partial charge in [-0.25, -0.2) is 14.6 Å². The molecule has 13 heteroatoms. The monoisotopic (exact) mass is 493 g/mol. The third kappa shape index (κ3) is 5.14. The molecule has 0 bridgehead atoms. The first-order valence-electron chi connectivity index (χ1n) is 10.3. The van der Waals surface area contributed by atoms with Crippen LogP contribution in [0.4, 0.5) is 21.3 Å². The Morgan fingerprint density at radius 1 is 1.11 bits per heavy atom. The summed E-state index contributed by atoms with van der Waals surface area (Å²) in [6.45, 7) is 3.57. The van der Waals surface area contributed by atoms with Gasteiger partial charge in [0.2, 0.25) is 0 Å².